The number of aliphatic hydroxyl groups excluding tert-OH is 1. The van der Waals surface area contributed by atoms with Gasteiger partial charge in [-0.3, -0.25) is 0 Å². The van der Waals surface area contributed by atoms with Crippen molar-refractivity contribution in [3.05, 3.63) is 35.4 Å². The third-order valence-corrected chi connectivity index (χ3v) is 2.95. The third kappa shape index (κ3) is 3.30. The van der Waals surface area contributed by atoms with Gasteiger partial charge in [-0.05, 0) is 18.1 Å². The van der Waals surface area contributed by atoms with Gasteiger partial charge in [0.1, 0.15) is 0 Å². The molecule has 1 aromatic rings. The molecule has 1 aromatic carbocycles. The molecule has 1 N–H and O–H groups in total. The first-order valence-electron chi connectivity index (χ1n) is 6.06. The highest BCUT2D eigenvalue weighted by atomic mass is 19.4. The highest BCUT2D eigenvalue weighted by Crippen LogP contribution is 2.51. The Kier molecular flexibility index (Phi) is 4.92. The van der Waals surface area contributed by atoms with E-state index >= 15 is 0 Å². The van der Waals surface area contributed by atoms with Crippen molar-refractivity contribution in [2.24, 2.45) is 0 Å². The molecule has 0 fully saturated rings. The average Bonchev–Trinajstić information content (AvgIpc) is 2.37. The fourth-order valence-corrected chi connectivity index (χ4v) is 1.74. The molecular formula is C13H13F7O. The van der Waals surface area contributed by atoms with Crippen LogP contribution in [-0.2, 0) is 5.92 Å². The number of halogens is 7. The van der Waals surface area contributed by atoms with E-state index in [2.05, 4.69) is 0 Å². The van der Waals surface area contributed by atoms with Crippen molar-refractivity contribution in [2.45, 2.75) is 43.9 Å². The predicted molar refractivity (Wildman–Crippen MR) is 61.2 cm³/mol. The lowest BCUT2D eigenvalue weighted by atomic mass is 9.96. The molecule has 0 saturated carbocycles. The summed E-state index contributed by atoms with van der Waals surface area (Å²) in [6.45, 7) is 1.69. The molecule has 0 aliphatic rings. The lowest BCUT2D eigenvalue weighted by Gasteiger charge is -2.28. The van der Waals surface area contributed by atoms with Gasteiger partial charge in [0.2, 0.25) is 0 Å². The van der Waals surface area contributed by atoms with Crippen molar-refractivity contribution >= 4 is 0 Å². The van der Waals surface area contributed by atoms with Crippen LogP contribution in [-0.4, -0.2) is 17.2 Å². The summed E-state index contributed by atoms with van der Waals surface area (Å²) in [7, 11) is 0. The molecule has 0 radical (unpaired) electrons. The van der Waals surface area contributed by atoms with Gasteiger partial charge in [0.15, 0.2) is 0 Å². The van der Waals surface area contributed by atoms with Gasteiger partial charge in [0.25, 0.3) is 0 Å². The largest absolute Gasteiger partial charge is 0.460 e. The Morgan fingerprint density at radius 1 is 1.05 bits per heavy atom. The van der Waals surface area contributed by atoms with Gasteiger partial charge in [-0.2, -0.15) is 30.7 Å². The van der Waals surface area contributed by atoms with Crippen molar-refractivity contribution in [3.63, 3.8) is 0 Å². The minimum atomic E-state index is -6.38. The molecule has 120 valence electrons. The number of hydrogen-bond acceptors (Lipinski definition) is 1. The molecule has 0 spiro atoms. The molecule has 0 aliphatic carbocycles. The number of rotatable bonds is 5. The molecule has 1 rings (SSSR count). The van der Waals surface area contributed by atoms with Crippen LogP contribution < -0.4 is 0 Å². The van der Waals surface area contributed by atoms with Crippen LogP contribution in [0.15, 0.2) is 24.3 Å². The van der Waals surface area contributed by atoms with E-state index in [1.54, 1.807) is 6.92 Å². The highest BCUT2D eigenvalue weighted by Gasteiger charge is 2.73. The molecule has 21 heavy (non-hydrogen) atoms. The van der Waals surface area contributed by atoms with E-state index in [-0.39, 0.29) is 12.0 Å². The van der Waals surface area contributed by atoms with Crippen LogP contribution in [0, 0.1) is 0 Å². The maximum absolute atomic E-state index is 13.5. The standard InChI is InChI=1S/C13H13F7O/c1-2-4-10(21)8-5-3-6-9(7-8)11(14,15)12(16,17)13(18,19)20/h3,5-7,10,21H,2,4H2,1H3. The van der Waals surface area contributed by atoms with E-state index in [1.165, 1.54) is 6.07 Å². The Morgan fingerprint density at radius 3 is 2.10 bits per heavy atom. The second-order valence-electron chi connectivity index (χ2n) is 4.58. The van der Waals surface area contributed by atoms with Crippen LogP contribution in [0.2, 0.25) is 0 Å². The second kappa shape index (κ2) is 5.82. The number of hydrogen-bond donors (Lipinski definition) is 1. The molecule has 8 heteroatoms. The normalized spacial score (nSPS) is 15.1. The third-order valence-electron chi connectivity index (χ3n) is 2.95. The van der Waals surface area contributed by atoms with Crippen LogP contribution in [0.5, 0.6) is 0 Å². The first-order valence-corrected chi connectivity index (χ1v) is 6.06. The average molecular weight is 318 g/mol. The van der Waals surface area contributed by atoms with Gasteiger partial charge >= 0.3 is 18.0 Å². The molecule has 0 saturated heterocycles. The van der Waals surface area contributed by atoms with Crippen molar-refractivity contribution in [3.8, 4) is 0 Å². The van der Waals surface area contributed by atoms with Crippen molar-refractivity contribution in [2.75, 3.05) is 0 Å². The smallest absolute Gasteiger partial charge is 0.388 e. The topological polar surface area (TPSA) is 20.2 Å². The Hall–Kier alpha value is -1.31. The van der Waals surface area contributed by atoms with E-state index in [1.807, 2.05) is 0 Å². The van der Waals surface area contributed by atoms with E-state index in [0.717, 1.165) is 6.07 Å². The summed E-state index contributed by atoms with van der Waals surface area (Å²) in [5, 5.41) is 9.62. The zero-order valence-corrected chi connectivity index (χ0v) is 10.9. The Bertz CT molecular complexity index is 482. The summed E-state index contributed by atoms with van der Waals surface area (Å²) in [4.78, 5) is 0. The van der Waals surface area contributed by atoms with Gasteiger partial charge in [-0.15, -0.1) is 0 Å². The van der Waals surface area contributed by atoms with Gasteiger partial charge in [-0.25, -0.2) is 0 Å². The van der Waals surface area contributed by atoms with Crippen LogP contribution in [0.3, 0.4) is 0 Å². The summed E-state index contributed by atoms with van der Waals surface area (Å²) in [5.74, 6) is -11.6. The fraction of sp³-hybridized carbons (Fsp3) is 0.538. The lowest BCUT2D eigenvalue weighted by molar-refractivity contribution is -0.359. The number of aliphatic hydroxyl groups is 1. The summed E-state index contributed by atoms with van der Waals surface area (Å²) >= 11 is 0. The van der Waals surface area contributed by atoms with E-state index in [4.69, 9.17) is 0 Å². The molecular weight excluding hydrogens is 305 g/mol. The van der Waals surface area contributed by atoms with E-state index in [9.17, 15) is 35.8 Å². The monoisotopic (exact) mass is 318 g/mol. The SMILES string of the molecule is CCCC(O)c1cccc(C(F)(F)C(F)(F)C(F)(F)F)c1. The van der Waals surface area contributed by atoms with E-state index in [0.29, 0.717) is 18.6 Å². The molecule has 0 heterocycles. The molecule has 0 amide bonds. The molecule has 0 aromatic heterocycles. The van der Waals surface area contributed by atoms with Crippen LogP contribution in [0.4, 0.5) is 30.7 Å². The molecule has 0 aliphatic heterocycles. The molecule has 1 nitrogen and oxygen atoms in total. The van der Waals surface area contributed by atoms with Crippen molar-refractivity contribution in [1.29, 1.82) is 0 Å². The maximum atomic E-state index is 13.5. The minimum absolute atomic E-state index is 0.132. The number of alkyl halides is 7. The van der Waals surface area contributed by atoms with Crippen molar-refractivity contribution < 1.29 is 35.8 Å². The van der Waals surface area contributed by atoms with Gasteiger partial charge in [0.05, 0.1) is 6.10 Å². The zero-order chi connectivity index (χ0) is 16.5. The van der Waals surface area contributed by atoms with Crippen LogP contribution in [0.1, 0.15) is 37.0 Å². The van der Waals surface area contributed by atoms with E-state index < -0.39 is 29.7 Å². The summed E-state index contributed by atoms with van der Waals surface area (Å²) in [6, 6.07) is 3.04. The summed E-state index contributed by atoms with van der Waals surface area (Å²) in [6.07, 6.45) is -6.93. The number of benzene rings is 1. The Labute approximate surface area is 116 Å². The molecule has 0 bridgehead atoms. The molecule has 1 unspecified atom stereocenters. The summed E-state index contributed by atoms with van der Waals surface area (Å²) < 4.78 is 89.2. The first-order chi connectivity index (χ1) is 9.45. The molecule has 1 atom stereocenters. The fourth-order valence-electron chi connectivity index (χ4n) is 1.74. The minimum Gasteiger partial charge on any atom is -0.388 e. The first kappa shape index (κ1) is 17.7. The zero-order valence-electron chi connectivity index (χ0n) is 10.9. The Morgan fingerprint density at radius 2 is 1.62 bits per heavy atom. The van der Waals surface area contributed by atoms with Crippen LogP contribution >= 0.6 is 0 Å². The second-order valence-corrected chi connectivity index (χ2v) is 4.58. The van der Waals surface area contributed by atoms with Gasteiger partial charge < -0.3 is 5.11 Å². The lowest BCUT2D eigenvalue weighted by Crippen LogP contribution is -2.50. The van der Waals surface area contributed by atoms with Gasteiger partial charge in [0, 0.05) is 5.56 Å². The highest BCUT2D eigenvalue weighted by molar-refractivity contribution is 5.30. The predicted octanol–water partition coefficient (Wildman–Crippen LogP) is 4.81. The quantitative estimate of drug-likeness (QED) is 0.773. The Balaban J connectivity index is 3.24. The van der Waals surface area contributed by atoms with Gasteiger partial charge in [-0.1, -0.05) is 31.5 Å². The maximum Gasteiger partial charge on any atom is 0.460 e. The van der Waals surface area contributed by atoms with Crippen LogP contribution in [0.25, 0.3) is 0 Å². The van der Waals surface area contributed by atoms with Crippen molar-refractivity contribution in [1.82, 2.24) is 0 Å². The summed E-state index contributed by atoms with van der Waals surface area (Å²) in [5.41, 5.74) is -1.62.